The number of nitrogens with zero attached hydrogens (tertiary/aromatic N) is 1. The summed E-state index contributed by atoms with van der Waals surface area (Å²) in [7, 11) is 2.06. The first-order valence-electron chi connectivity index (χ1n) is 6.25. The summed E-state index contributed by atoms with van der Waals surface area (Å²) < 4.78 is 0. The summed E-state index contributed by atoms with van der Waals surface area (Å²) in [5, 5.41) is 3.29. The Hall–Kier alpha value is -1.19. The Morgan fingerprint density at radius 2 is 2.12 bits per heavy atom. The van der Waals surface area contributed by atoms with Crippen molar-refractivity contribution in [3.05, 3.63) is 35.4 Å². The van der Waals surface area contributed by atoms with Gasteiger partial charge in [-0.1, -0.05) is 31.2 Å². The number of carbonyl (C=O) groups is 1. The van der Waals surface area contributed by atoms with Crippen molar-refractivity contribution in [3.63, 3.8) is 0 Å². The van der Waals surface area contributed by atoms with E-state index in [4.69, 9.17) is 0 Å². The third-order valence-electron chi connectivity index (χ3n) is 3.34. The molecule has 17 heavy (non-hydrogen) atoms. The summed E-state index contributed by atoms with van der Waals surface area (Å²) in [6, 6.07) is 7.91. The van der Waals surface area contributed by atoms with Gasteiger partial charge < -0.3 is 10.2 Å². The summed E-state index contributed by atoms with van der Waals surface area (Å²) in [4.78, 5) is 14.4. The molecule has 1 saturated heterocycles. The van der Waals surface area contributed by atoms with E-state index in [-0.39, 0.29) is 11.8 Å². The summed E-state index contributed by atoms with van der Waals surface area (Å²) in [6.45, 7) is 4.82. The van der Waals surface area contributed by atoms with Gasteiger partial charge in [0.2, 0.25) is 0 Å². The van der Waals surface area contributed by atoms with Crippen LogP contribution in [0.25, 0.3) is 0 Å². The van der Waals surface area contributed by atoms with E-state index in [2.05, 4.69) is 24.2 Å². The highest BCUT2D eigenvalue weighted by Gasteiger charge is 2.24. The van der Waals surface area contributed by atoms with Crippen molar-refractivity contribution >= 4 is 5.78 Å². The van der Waals surface area contributed by atoms with Crippen LogP contribution in [0.15, 0.2) is 24.3 Å². The minimum atomic E-state index is -0.0544. The lowest BCUT2D eigenvalue weighted by Gasteiger charge is -2.29. The number of benzene rings is 1. The molecule has 1 fully saturated rings. The SMILES string of the molecule is CCc1ccc(C(=O)C2CN(C)CCN2)cc1. The van der Waals surface area contributed by atoms with Crippen LogP contribution in [0, 0.1) is 0 Å². The topological polar surface area (TPSA) is 32.3 Å². The molecule has 1 aromatic carbocycles. The number of ketones is 1. The molecule has 0 radical (unpaired) electrons. The predicted octanol–water partition coefficient (Wildman–Crippen LogP) is 1.34. The second kappa shape index (κ2) is 5.43. The van der Waals surface area contributed by atoms with E-state index in [1.165, 1.54) is 5.56 Å². The third-order valence-corrected chi connectivity index (χ3v) is 3.34. The molecule has 1 aliphatic heterocycles. The van der Waals surface area contributed by atoms with Crippen molar-refractivity contribution in [3.8, 4) is 0 Å². The lowest BCUT2D eigenvalue weighted by Crippen LogP contribution is -2.52. The number of carbonyl (C=O) groups excluding carboxylic acids is 1. The standard InChI is InChI=1S/C14H20N2O/c1-3-11-4-6-12(7-5-11)14(17)13-10-16(2)9-8-15-13/h4-7,13,15H,3,8-10H2,1-2H3. The van der Waals surface area contributed by atoms with Gasteiger partial charge in [0.25, 0.3) is 0 Å². The molecular formula is C14H20N2O. The maximum Gasteiger partial charge on any atom is 0.181 e. The van der Waals surface area contributed by atoms with Crippen LogP contribution in [0.3, 0.4) is 0 Å². The van der Waals surface area contributed by atoms with Crippen LogP contribution in [-0.4, -0.2) is 43.4 Å². The van der Waals surface area contributed by atoms with Gasteiger partial charge in [-0.05, 0) is 19.0 Å². The molecule has 0 spiro atoms. The second-order valence-corrected chi connectivity index (χ2v) is 4.68. The molecule has 3 nitrogen and oxygen atoms in total. The first-order valence-corrected chi connectivity index (χ1v) is 6.25. The number of likely N-dealkylation sites (N-methyl/N-ethyl adjacent to an activating group) is 1. The van der Waals surface area contributed by atoms with Crippen LogP contribution in [0.2, 0.25) is 0 Å². The summed E-state index contributed by atoms with van der Waals surface area (Å²) in [5.74, 6) is 0.208. The molecule has 1 atom stereocenters. The Kier molecular flexibility index (Phi) is 3.92. The Morgan fingerprint density at radius 3 is 2.71 bits per heavy atom. The smallest absolute Gasteiger partial charge is 0.181 e. The molecule has 3 heteroatoms. The summed E-state index contributed by atoms with van der Waals surface area (Å²) >= 11 is 0. The van der Waals surface area contributed by atoms with Crippen molar-refractivity contribution in [1.29, 1.82) is 0 Å². The fraction of sp³-hybridized carbons (Fsp3) is 0.500. The number of rotatable bonds is 3. The fourth-order valence-corrected chi connectivity index (χ4v) is 2.18. The molecule has 0 bridgehead atoms. The van der Waals surface area contributed by atoms with E-state index in [0.717, 1.165) is 31.6 Å². The minimum absolute atomic E-state index is 0.0544. The van der Waals surface area contributed by atoms with E-state index in [1.54, 1.807) is 0 Å². The zero-order valence-corrected chi connectivity index (χ0v) is 10.6. The lowest BCUT2D eigenvalue weighted by atomic mass is 10.0. The van der Waals surface area contributed by atoms with E-state index >= 15 is 0 Å². The van der Waals surface area contributed by atoms with Crippen LogP contribution in [0.5, 0.6) is 0 Å². The van der Waals surface area contributed by atoms with Crippen LogP contribution in [-0.2, 0) is 6.42 Å². The van der Waals surface area contributed by atoms with Crippen molar-refractivity contribution < 1.29 is 4.79 Å². The Morgan fingerprint density at radius 1 is 1.41 bits per heavy atom. The quantitative estimate of drug-likeness (QED) is 0.798. The molecule has 0 amide bonds. The summed E-state index contributed by atoms with van der Waals surface area (Å²) in [5.41, 5.74) is 2.09. The predicted molar refractivity (Wildman–Crippen MR) is 69.4 cm³/mol. The Labute approximate surface area is 103 Å². The van der Waals surface area contributed by atoms with E-state index in [1.807, 2.05) is 24.3 Å². The van der Waals surface area contributed by atoms with Crippen LogP contribution in [0.1, 0.15) is 22.8 Å². The van der Waals surface area contributed by atoms with Crippen molar-refractivity contribution in [2.24, 2.45) is 0 Å². The first kappa shape index (κ1) is 12.3. The van der Waals surface area contributed by atoms with Crippen LogP contribution in [0.4, 0.5) is 0 Å². The highest BCUT2D eigenvalue weighted by molar-refractivity contribution is 6.00. The van der Waals surface area contributed by atoms with Crippen LogP contribution < -0.4 is 5.32 Å². The molecule has 1 unspecified atom stereocenters. The van der Waals surface area contributed by atoms with Gasteiger partial charge >= 0.3 is 0 Å². The number of Topliss-reactive ketones (excluding diaryl/α,β-unsaturated/α-hetero) is 1. The van der Waals surface area contributed by atoms with E-state index in [0.29, 0.717) is 0 Å². The third kappa shape index (κ3) is 2.93. The van der Waals surface area contributed by atoms with Gasteiger partial charge in [0, 0.05) is 25.2 Å². The maximum absolute atomic E-state index is 12.3. The van der Waals surface area contributed by atoms with Gasteiger partial charge in [-0.3, -0.25) is 4.79 Å². The molecule has 1 N–H and O–H groups in total. The molecule has 1 aliphatic rings. The number of nitrogens with one attached hydrogen (secondary N) is 1. The maximum atomic E-state index is 12.3. The van der Waals surface area contributed by atoms with Crippen molar-refractivity contribution in [2.75, 3.05) is 26.7 Å². The zero-order valence-electron chi connectivity index (χ0n) is 10.6. The normalized spacial score (nSPS) is 21.4. The van der Waals surface area contributed by atoms with Gasteiger partial charge in [0.05, 0.1) is 6.04 Å². The minimum Gasteiger partial charge on any atom is -0.305 e. The first-order chi connectivity index (χ1) is 8.20. The molecule has 0 aromatic heterocycles. The Balaban J connectivity index is 2.07. The monoisotopic (exact) mass is 232 g/mol. The molecule has 0 saturated carbocycles. The molecule has 0 aliphatic carbocycles. The largest absolute Gasteiger partial charge is 0.305 e. The number of hydrogen-bond donors (Lipinski definition) is 1. The zero-order chi connectivity index (χ0) is 12.3. The van der Waals surface area contributed by atoms with Gasteiger partial charge in [-0.15, -0.1) is 0 Å². The van der Waals surface area contributed by atoms with E-state index < -0.39 is 0 Å². The van der Waals surface area contributed by atoms with Crippen molar-refractivity contribution in [1.82, 2.24) is 10.2 Å². The van der Waals surface area contributed by atoms with Crippen LogP contribution >= 0.6 is 0 Å². The number of aryl methyl sites for hydroxylation is 1. The van der Waals surface area contributed by atoms with Gasteiger partial charge in [0.15, 0.2) is 5.78 Å². The fourth-order valence-electron chi connectivity index (χ4n) is 2.18. The Bertz CT molecular complexity index is 386. The highest BCUT2D eigenvalue weighted by atomic mass is 16.1. The van der Waals surface area contributed by atoms with Gasteiger partial charge in [-0.25, -0.2) is 0 Å². The van der Waals surface area contributed by atoms with Crippen molar-refractivity contribution in [2.45, 2.75) is 19.4 Å². The molecule has 1 aromatic rings. The summed E-state index contributed by atoms with van der Waals surface area (Å²) in [6.07, 6.45) is 1.01. The van der Waals surface area contributed by atoms with Gasteiger partial charge in [-0.2, -0.15) is 0 Å². The average molecular weight is 232 g/mol. The lowest BCUT2D eigenvalue weighted by molar-refractivity contribution is 0.0894. The molecular weight excluding hydrogens is 212 g/mol. The molecule has 92 valence electrons. The number of hydrogen-bond acceptors (Lipinski definition) is 3. The molecule has 2 rings (SSSR count). The van der Waals surface area contributed by atoms with Gasteiger partial charge in [0.1, 0.15) is 0 Å². The average Bonchev–Trinajstić information content (AvgIpc) is 2.38. The van der Waals surface area contributed by atoms with E-state index in [9.17, 15) is 4.79 Å². The highest BCUT2D eigenvalue weighted by Crippen LogP contribution is 2.09. The second-order valence-electron chi connectivity index (χ2n) is 4.68. The molecule has 1 heterocycles. The number of piperazine rings is 1.